The molecule has 0 unspecified atom stereocenters. The number of hydrogen-bond acceptors (Lipinski definition) is 7. The smallest absolute Gasteiger partial charge is 0.270 e. The third kappa shape index (κ3) is 4.03. The van der Waals surface area contributed by atoms with Gasteiger partial charge in [-0.05, 0) is 25.5 Å². The van der Waals surface area contributed by atoms with Crippen molar-refractivity contribution in [2.75, 3.05) is 6.54 Å². The lowest BCUT2D eigenvalue weighted by atomic mass is 10.3. The Balaban J connectivity index is 1.53. The summed E-state index contributed by atoms with van der Waals surface area (Å²) in [5.41, 5.74) is 6.98. The molecule has 0 fully saturated rings. The van der Waals surface area contributed by atoms with E-state index in [0.717, 1.165) is 22.1 Å². The van der Waals surface area contributed by atoms with Gasteiger partial charge < -0.3 is 11.1 Å². The van der Waals surface area contributed by atoms with Crippen molar-refractivity contribution in [2.24, 2.45) is 5.73 Å². The second-order valence-corrected chi connectivity index (χ2v) is 8.03. The number of hydrogen-bond donors (Lipinski definition) is 2. The molecule has 0 saturated carbocycles. The monoisotopic (exact) mass is 364 g/mol. The van der Waals surface area contributed by atoms with Crippen molar-refractivity contribution in [3.63, 3.8) is 0 Å². The van der Waals surface area contributed by atoms with Gasteiger partial charge in [0.1, 0.15) is 10.7 Å². The van der Waals surface area contributed by atoms with Crippen molar-refractivity contribution in [2.45, 2.75) is 19.9 Å². The van der Waals surface area contributed by atoms with Gasteiger partial charge in [0.2, 0.25) is 0 Å². The van der Waals surface area contributed by atoms with Gasteiger partial charge in [0.25, 0.3) is 5.91 Å². The molecular formula is C15H16N4OS3. The molecule has 0 aliphatic heterocycles. The lowest BCUT2D eigenvalue weighted by molar-refractivity contribution is 0.0950. The van der Waals surface area contributed by atoms with Crippen molar-refractivity contribution < 1.29 is 4.79 Å². The van der Waals surface area contributed by atoms with Gasteiger partial charge in [0.15, 0.2) is 0 Å². The fourth-order valence-electron chi connectivity index (χ4n) is 2.03. The molecule has 0 spiro atoms. The summed E-state index contributed by atoms with van der Waals surface area (Å²) in [4.78, 5) is 23.1. The van der Waals surface area contributed by atoms with Crippen LogP contribution < -0.4 is 11.1 Å². The van der Waals surface area contributed by atoms with Crippen LogP contribution in [0.15, 0.2) is 22.9 Å². The van der Waals surface area contributed by atoms with Gasteiger partial charge in [-0.15, -0.1) is 34.0 Å². The molecule has 3 N–H and O–H groups in total. The van der Waals surface area contributed by atoms with Crippen LogP contribution in [0, 0.1) is 6.92 Å². The minimum Gasteiger partial charge on any atom is -0.350 e. The Morgan fingerprint density at radius 1 is 1.26 bits per heavy atom. The molecule has 0 radical (unpaired) electrons. The van der Waals surface area contributed by atoms with Gasteiger partial charge in [-0.2, -0.15) is 0 Å². The van der Waals surface area contributed by atoms with Crippen molar-refractivity contribution >= 4 is 39.9 Å². The second-order valence-electron chi connectivity index (χ2n) is 4.85. The standard InChI is InChI=1S/C15H16N4OS3/c1-9-18-11(7-21-9)13-3-2-10(23-13)4-5-17-15(20)12-8-22-14(6-16)19-12/h2-3,7-8H,4-6,16H2,1H3,(H,17,20). The first kappa shape index (κ1) is 16.3. The first-order valence-electron chi connectivity index (χ1n) is 7.09. The normalized spacial score (nSPS) is 10.9. The molecule has 8 heteroatoms. The van der Waals surface area contributed by atoms with Crippen LogP contribution in [0.25, 0.3) is 10.6 Å². The lowest BCUT2D eigenvalue weighted by Gasteiger charge is -2.01. The summed E-state index contributed by atoms with van der Waals surface area (Å²) in [5, 5.41) is 8.56. The van der Waals surface area contributed by atoms with Crippen LogP contribution in [0.1, 0.15) is 25.4 Å². The molecule has 3 rings (SSSR count). The summed E-state index contributed by atoms with van der Waals surface area (Å²) in [5.74, 6) is -0.146. The van der Waals surface area contributed by atoms with E-state index in [-0.39, 0.29) is 5.91 Å². The molecule has 1 amide bonds. The van der Waals surface area contributed by atoms with Crippen molar-refractivity contribution in [1.82, 2.24) is 15.3 Å². The van der Waals surface area contributed by atoms with Crippen LogP contribution in [0.2, 0.25) is 0 Å². The molecule has 3 aromatic rings. The van der Waals surface area contributed by atoms with Crippen molar-refractivity contribution in [3.8, 4) is 10.6 Å². The van der Waals surface area contributed by atoms with Gasteiger partial charge >= 0.3 is 0 Å². The summed E-state index contributed by atoms with van der Waals surface area (Å²) in [6.07, 6.45) is 0.799. The van der Waals surface area contributed by atoms with Crippen molar-refractivity contribution in [1.29, 1.82) is 0 Å². The number of carbonyl (C=O) groups excluding carboxylic acids is 1. The third-order valence-corrected chi connectivity index (χ3v) is 5.96. The Labute approximate surface area is 146 Å². The SMILES string of the molecule is Cc1nc(-c2ccc(CCNC(=O)c3csc(CN)n3)s2)cs1. The van der Waals surface area contributed by atoms with Crippen LogP contribution in [-0.4, -0.2) is 22.4 Å². The largest absolute Gasteiger partial charge is 0.350 e. The molecule has 23 heavy (non-hydrogen) atoms. The maximum Gasteiger partial charge on any atom is 0.270 e. The number of amides is 1. The fraction of sp³-hybridized carbons (Fsp3) is 0.267. The molecule has 0 aliphatic rings. The number of aromatic nitrogens is 2. The highest BCUT2D eigenvalue weighted by Crippen LogP contribution is 2.29. The maximum absolute atomic E-state index is 12.0. The molecule has 0 aromatic carbocycles. The quantitative estimate of drug-likeness (QED) is 0.704. The Hall–Kier alpha value is -1.61. The zero-order valence-electron chi connectivity index (χ0n) is 12.5. The minimum absolute atomic E-state index is 0.146. The highest BCUT2D eigenvalue weighted by atomic mass is 32.1. The predicted octanol–water partition coefficient (Wildman–Crippen LogP) is 3.07. The number of nitrogens with one attached hydrogen (secondary N) is 1. The summed E-state index contributed by atoms with van der Waals surface area (Å²) >= 11 is 4.78. The number of rotatable bonds is 6. The predicted molar refractivity (Wildman–Crippen MR) is 96.2 cm³/mol. The van der Waals surface area contributed by atoms with E-state index >= 15 is 0 Å². The van der Waals surface area contributed by atoms with E-state index in [9.17, 15) is 4.79 Å². The lowest BCUT2D eigenvalue weighted by Crippen LogP contribution is -2.25. The molecular weight excluding hydrogens is 348 g/mol. The molecule has 0 bridgehead atoms. The Kier molecular flexibility index (Phi) is 5.16. The van der Waals surface area contributed by atoms with E-state index in [1.165, 1.54) is 21.1 Å². The summed E-state index contributed by atoms with van der Waals surface area (Å²) in [6, 6.07) is 4.18. The van der Waals surface area contributed by atoms with Crippen LogP contribution in [-0.2, 0) is 13.0 Å². The average molecular weight is 365 g/mol. The number of aryl methyl sites for hydroxylation is 1. The van der Waals surface area contributed by atoms with E-state index < -0.39 is 0 Å². The number of thiophene rings is 1. The highest BCUT2D eigenvalue weighted by Gasteiger charge is 2.10. The van der Waals surface area contributed by atoms with Gasteiger partial charge in [-0.1, -0.05) is 0 Å². The summed E-state index contributed by atoms with van der Waals surface area (Å²) in [6.45, 7) is 2.96. The topological polar surface area (TPSA) is 80.9 Å². The van der Waals surface area contributed by atoms with Crippen LogP contribution in [0.3, 0.4) is 0 Å². The zero-order valence-corrected chi connectivity index (χ0v) is 15.0. The van der Waals surface area contributed by atoms with E-state index in [1.54, 1.807) is 28.1 Å². The van der Waals surface area contributed by atoms with E-state index in [1.807, 2.05) is 6.92 Å². The first-order valence-corrected chi connectivity index (χ1v) is 9.67. The van der Waals surface area contributed by atoms with Crippen LogP contribution in [0.4, 0.5) is 0 Å². The fourth-order valence-corrected chi connectivity index (χ4v) is 4.34. The van der Waals surface area contributed by atoms with Gasteiger partial charge in [-0.3, -0.25) is 4.79 Å². The average Bonchev–Trinajstić information content (AvgIpc) is 3.26. The number of nitrogens with two attached hydrogens (primary N) is 1. The number of thiazole rings is 2. The second kappa shape index (κ2) is 7.31. The van der Waals surface area contributed by atoms with Gasteiger partial charge in [-0.25, -0.2) is 9.97 Å². The molecule has 120 valence electrons. The van der Waals surface area contributed by atoms with Crippen LogP contribution >= 0.6 is 34.0 Å². The molecule has 3 aromatic heterocycles. The third-order valence-electron chi connectivity index (χ3n) is 3.15. The maximum atomic E-state index is 12.0. The zero-order chi connectivity index (χ0) is 16.2. The number of carbonyl (C=O) groups is 1. The summed E-state index contributed by atoms with van der Waals surface area (Å²) < 4.78 is 0. The molecule has 0 aliphatic carbocycles. The van der Waals surface area contributed by atoms with E-state index in [0.29, 0.717) is 18.8 Å². The van der Waals surface area contributed by atoms with Crippen molar-refractivity contribution in [3.05, 3.63) is 43.5 Å². The molecule has 0 saturated heterocycles. The van der Waals surface area contributed by atoms with E-state index in [2.05, 4.69) is 32.8 Å². The van der Waals surface area contributed by atoms with Crippen LogP contribution in [0.5, 0.6) is 0 Å². The molecule has 3 heterocycles. The Morgan fingerprint density at radius 3 is 2.83 bits per heavy atom. The van der Waals surface area contributed by atoms with E-state index in [4.69, 9.17) is 5.73 Å². The number of nitrogens with zero attached hydrogens (tertiary/aromatic N) is 2. The molecule has 5 nitrogen and oxygen atoms in total. The highest BCUT2D eigenvalue weighted by molar-refractivity contribution is 7.16. The molecule has 0 atom stereocenters. The minimum atomic E-state index is -0.146. The Bertz CT molecular complexity index is 805. The van der Waals surface area contributed by atoms with Gasteiger partial charge in [0, 0.05) is 28.7 Å². The summed E-state index contributed by atoms with van der Waals surface area (Å²) in [7, 11) is 0. The first-order chi connectivity index (χ1) is 11.2. The van der Waals surface area contributed by atoms with Gasteiger partial charge in [0.05, 0.1) is 15.6 Å². The Morgan fingerprint density at radius 2 is 2.13 bits per heavy atom.